The third-order valence-electron chi connectivity index (χ3n) is 5.46. The molecular weight excluding hydrogens is 182 g/mol. The molecule has 0 spiro atoms. The zero-order valence-corrected chi connectivity index (χ0v) is 9.93. The minimum absolute atomic E-state index is 0.761. The second-order valence-electron chi connectivity index (χ2n) is 6.07. The van der Waals surface area contributed by atoms with Crippen LogP contribution in [0.25, 0.3) is 0 Å². The van der Waals surface area contributed by atoms with Gasteiger partial charge in [0.2, 0.25) is 0 Å². The summed E-state index contributed by atoms with van der Waals surface area (Å²) in [6.07, 6.45) is 15.1. The van der Waals surface area contributed by atoms with Gasteiger partial charge in [-0.3, -0.25) is 0 Å². The third kappa shape index (κ3) is 1.63. The predicted molar refractivity (Wildman–Crippen MR) is 63.9 cm³/mol. The van der Waals surface area contributed by atoms with Crippen molar-refractivity contribution in [1.82, 2.24) is 5.32 Å². The SMILES string of the molecule is C1CCC(C2(C3CCCN3)CCC2)CC1. The first-order valence-electron chi connectivity index (χ1n) is 7.15. The van der Waals surface area contributed by atoms with Gasteiger partial charge in [-0.25, -0.2) is 0 Å². The fourth-order valence-electron chi connectivity index (χ4n) is 4.48. The number of hydrogen-bond acceptors (Lipinski definition) is 1. The van der Waals surface area contributed by atoms with E-state index in [-0.39, 0.29) is 0 Å². The molecule has 0 amide bonds. The van der Waals surface area contributed by atoms with E-state index < -0.39 is 0 Å². The molecule has 3 fully saturated rings. The highest BCUT2D eigenvalue weighted by atomic mass is 15.0. The molecule has 1 saturated heterocycles. The molecule has 0 bridgehead atoms. The van der Waals surface area contributed by atoms with Crippen LogP contribution in [0.2, 0.25) is 0 Å². The molecule has 0 aromatic carbocycles. The largest absolute Gasteiger partial charge is 0.313 e. The number of hydrogen-bond donors (Lipinski definition) is 1. The standard InChI is InChI=1S/C14H25N/c1-2-6-12(7-3-1)14(9-5-10-14)13-8-4-11-15-13/h12-13,15H,1-11H2. The summed E-state index contributed by atoms with van der Waals surface area (Å²) >= 11 is 0. The molecule has 86 valence electrons. The second kappa shape index (κ2) is 4.08. The fraction of sp³-hybridized carbons (Fsp3) is 1.00. The van der Waals surface area contributed by atoms with Crippen molar-refractivity contribution in [2.45, 2.75) is 70.3 Å². The van der Waals surface area contributed by atoms with E-state index >= 15 is 0 Å². The van der Waals surface area contributed by atoms with Crippen LogP contribution in [0, 0.1) is 11.3 Å². The quantitative estimate of drug-likeness (QED) is 0.731. The topological polar surface area (TPSA) is 12.0 Å². The molecule has 1 heteroatoms. The number of nitrogens with one attached hydrogen (secondary N) is 1. The van der Waals surface area contributed by atoms with E-state index in [2.05, 4.69) is 5.32 Å². The first-order chi connectivity index (χ1) is 7.42. The van der Waals surface area contributed by atoms with E-state index in [9.17, 15) is 0 Å². The molecule has 2 aliphatic carbocycles. The average molecular weight is 207 g/mol. The van der Waals surface area contributed by atoms with E-state index in [1.807, 2.05) is 0 Å². The zero-order valence-electron chi connectivity index (χ0n) is 9.93. The monoisotopic (exact) mass is 207 g/mol. The Kier molecular flexibility index (Phi) is 2.76. The van der Waals surface area contributed by atoms with Crippen LogP contribution in [0.4, 0.5) is 0 Å². The summed E-state index contributed by atoms with van der Waals surface area (Å²) in [5, 5.41) is 3.80. The highest BCUT2D eigenvalue weighted by Gasteiger charge is 2.49. The van der Waals surface area contributed by atoms with Crippen molar-refractivity contribution in [3.63, 3.8) is 0 Å². The van der Waals surface area contributed by atoms with Gasteiger partial charge in [-0.15, -0.1) is 0 Å². The molecule has 0 aromatic heterocycles. The van der Waals surface area contributed by atoms with Crippen molar-refractivity contribution in [2.24, 2.45) is 11.3 Å². The highest BCUT2D eigenvalue weighted by molar-refractivity contribution is 5.03. The molecular formula is C14H25N. The lowest BCUT2D eigenvalue weighted by molar-refractivity contribution is -0.00767. The van der Waals surface area contributed by atoms with E-state index in [0.717, 1.165) is 17.4 Å². The normalized spacial score (nSPS) is 36.4. The second-order valence-corrected chi connectivity index (χ2v) is 6.07. The molecule has 0 aromatic rings. The summed E-state index contributed by atoms with van der Waals surface area (Å²) in [4.78, 5) is 0. The van der Waals surface area contributed by atoms with Crippen molar-refractivity contribution >= 4 is 0 Å². The van der Waals surface area contributed by atoms with Gasteiger partial charge in [-0.1, -0.05) is 25.7 Å². The maximum absolute atomic E-state index is 3.80. The van der Waals surface area contributed by atoms with Crippen LogP contribution < -0.4 is 5.32 Å². The van der Waals surface area contributed by atoms with Crippen LogP contribution >= 0.6 is 0 Å². The Morgan fingerprint density at radius 2 is 1.60 bits per heavy atom. The highest BCUT2D eigenvalue weighted by Crippen LogP contribution is 2.55. The minimum atomic E-state index is 0.761. The third-order valence-corrected chi connectivity index (χ3v) is 5.46. The Hall–Kier alpha value is -0.0400. The first kappa shape index (κ1) is 10.1. The van der Waals surface area contributed by atoms with E-state index in [0.29, 0.717) is 0 Å². The van der Waals surface area contributed by atoms with Gasteiger partial charge in [-0.2, -0.15) is 0 Å². The molecule has 1 nitrogen and oxygen atoms in total. The molecule has 3 aliphatic rings. The molecule has 3 rings (SSSR count). The van der Waals surface area contributed by atoms with Crippen molar-refractivity contribution in [1.29, 1.82) is 0 Å². The lowest BCUT2D eigenvalue weighted by atomic mass is 9.54. The predicted octanol–water partition coefficient (Wildman–Crippen LogP) is 3.49. The van der Waals surface area contributed by atoms with E-state index in [1.165, 1.54) is 70.8 Å². The van der Waals surface area contributed by atoms with Gasteiger partial charge in [0.25, 0.3) is 0 Å². The smallest absolute Gasteiger partial charge is 0.0127 e. The summed E-state index contributed by atoms with van der Waals surface area (Å²) < 4.78 is 0. The van der Waals surface area contributed by atoms with Crippen LogP contribution in [0.5, 0.6) is 0 Å². The molecule has 15 heavy (non-hydrogen) atoms. The number of rotatable bonds is 2. The van der Waals surface area contributed by atoms with Crippen molar-refractivity contribution in [3.8, 4) is 0 Å². The summed E-state index contributed by atoms with van der Waals surface area (Å²) in [6.45, 7) is 1.29. The Morgan fingerprint density at radius 1 is 0.800 bits per heavy atom. The lowest BCUT2D eigenvalue weighted by Gasteiger charge is -2.53. The maximum atomic E-state index is 3.80. The molecule has 0 radical (unpaired) electrons. The zero-order chi connectivity index (χ0) is 10.1. The molecule has 1 N–H and O–H groups in total. The Bertz CT molecular complexity index is 207. The van der Waals surface area contributed by atoms with Crippen molar-refractivity contribution in [2.75, 3.05) is 6.54 Å². The summed E-state index contributed by atoms with van der Waals surface area (Å²) in [5.74, 6) is 1.08. The van der Waals surface area contributed by atoms with E-state index in [4.69, 9.17) is 0 Å². The first-order valence-corrected chi connectivity index (χ1v) is 7.15. The van der Waals surface area contributed by atoms with Crippen LogP contribution in [0.3, 0.4) is 0 Å². The van der Waals surface area contributed by atoms with Crippen molar-refractivity contribution < 1.29 is 0 Å². The van der Waals surface area contributed by atoms with Crippen LogP contribution in [-0.4, -0.2) is 12.6 Å². The lowest BCUT2D eigenvalue weighted by Crippen LogP contribution is -2.51. The Morgan fingerprint density at radius 3 is 2.13 bits per heavy atom. The van der Waals surface area contributed by atoms with Gasteiger partial charge in [0.05, 0.1) is 0 Å². The molecule has 1 unspecified atom stereocenters. The minimum Gasteiger partial charge on any atom is -0.313 e. The van der Waals surface area contributed by atoms with Gasteiger partial charge in [0.1, 0.15) is 0 Å². The van der Waals surface area contributed by atoms with Gasteiger partial charge in [0.15, 0.2) is 0 Å². The molecule has 2 saturated carbocycles. The average Bonchev–Trinajstić information content (AvgIpc) is 2.72. The Labute approximate surface area is 94.0 Å². The summed E-state index contributed by atoms with van der Waals surface area (Å²) in [5.41, 5.74) is 0.761. The summed E-state index contributed by atoms with van der Waals surface area (Å²) in [7, 11) is 0. The Balaban J connectivity index is 1.72. The molecule has 1 aliphatic heterocycles. The molecule has 1 heterocycles. The maximum Gasteiger partial charge on any atom is 0.0127 e. The molecule has 1 atom stereocenters. The van der Waals surface area contributed by atoms with Crippen LogP contribution in [0.15, 0.2) is 0 Å². The van der Waals surface area contributed by atoms with Gasteiger partial charge >= 0.3 is 0 Å². The van der Waals surface area contributed by atoms with E-state index in [1.54, 1.807) is 0 Å². The van der Waals surface area contributed by atoms with Crippen LogP contribution in [-0.2, 0) is 0 Å². The van der Waals surface area contributed by atoms with Crippen LogP contribution in [0.1, 0.15) is 64.2 Å². The van der Waals surface area contributed by atoms with Gasteiger partial charge in [0, 0.05) is 6.04 Å². The van der Waals surface area contributed by atoms with Gasteiger partial charge < -0.3 is 5.32 Å². The summed E-state index contributed by atoms with van der Waals surface area (Å²) in [6, 6.07) is 0.898. The van der Waals surface area contributed by atoms with Crippen molar-refractivity contribution in [3.05, 3.63) is 0 Å². The fourth-order valence-corrected chi connectivity index (χ4v) is 4.48. The van der Waals surface area contributed by atoms with Gasteiger partial charge in [-0.05, 0) is 56.4 Å².